The van der Waals surface area contributed by atoms with Gasteiger partial charge in [-0.3, -0.25) is 9.47 Å². The first-order valence-corrected chi connectivity index (χ1v) is 7.81. The molecule has 4 rings (SSSR count). The predicted molar refractivity (Wildman–Crippen MR) is 89.6 cm³/mol. The highest BCUT2D eigenvalue weighted by Crippen LogP contribution is 2.27. The van der Waals surface area contributed by atoms with E-state index in [1.807, 2.05) is 0 Å². The van der Waals surface area contributed by atoms with Crippen LogP contribution in [0.5, 0.6) is 0 Å². The van der Waals surface area contributed by atoms with Gasteiger partial charge >= 0.3 is 0 Å². The third-order valence-electron chi connectivity index (χ3n) is 4.29. The van der Waals surface area contributed by atoms with Gasteiger partial charge in [0.15, 0.2) is 0 Å². The molecule has 2 aromatic carbocycles. The highest BCUT2D eigenvalue weighted by molar-refractivity contribution is 5.79. The molecule has 112 valence electrons. The molecule has 3 aromatic rings. The standard InChI is InChI=1S/C18H20N4/c1-2-20-13-21(12-15-8-4-3-5-9-15)18-19-16-10-6-7-11-17(16)22(18)14-20/h3-11H,2,12-14H2,1H3. The van der Waals surface area contributed by atoms with Gasteiger partial charge in [0.1, 0.15) is 0 Å². The van der Waals surface area contributed by atoms with Crippen LogP contribution in [-0.4, -0.2) is 27.7 Å². The lowest BCUT2D eigenvalue weighted by Crippen LogP contribution is -2.44. The van der Waals surface area contributed by atoms with Crippen LogP contribution >= 0.6 is 0 Å². The van der Waals surface area contributed by atoms with Crippen molar-refractivity contribution in [3.05, 3.63) is 60.2 Å². The van der Waals surface area contributed by atoms with Crippen LogP contribution in [0.15, 0.2) is 54.6 Å². The maximum atomic E-state index is 4.86. The van der Waals surface area contributed by atoms with E-state index in [4.69, 9.17) is 4.98 Å². The van der Waals surface area contributed by atoms with Crippen LogP contribution in [0.2, 0.25) is 0 Å². The van der Waals surface area contributed by atoms with E-state index < -0.39 is 0 Å². The minimum absolute atomic E-state index is 0.890. The molecule has 0 saturated heterocycles. The summed E-state index contributed by atoms with van der Waals surface area (Å²) >= 11 is 0. The van der Waals surface area contributed by atoms with Gasteiger partial charge in [-0.1, -0.05) is 49.4 Å². The van der Waals surface area contributed by atoms with Crippen molar-refractivity contribution in [1.82, 2.24) is 14.5 Å². The van der Waals surface area contributed by atoms with Crippen molar-refractivity contribution in [2.24, 2.45) is 0 Å². The minimum atomic E-state index is 0.890. The molecule has 0 bridgehead atoms. The van der Waals surface area contributed by atoms with Gasteiger partial charge in [0.25, 0.3) is 0 Å². The zero-order valence-corrected chi connectivity index (χ0v) is 12.8. The summed E-state index contributed by atoms with van der Waals surface area (Å²) in [6.45, 7) is 5.98. The van der Waals surface area contributed by atoms with E-state index in [0.717, 1.165) is 37.9 Å². The number of para-hydroxylation sites is 2. The molecule has 0 unspecified atom stereocenters. The molecule has 0 saturated carbocycles. The lowest BCUT2D eigenvalue weighted by Gasteiger charge is -2.36. The molecule has 0 aliphatic carbocycles. The van der Waals surface area contributed by atoms with E-state index in [9.17, 15) is 0 Å². The van der Waals surface area contributed by atoms with Crippen molar-refractivity contribution in [3.8, 4) is 0 Å². The fraction of sp³-hybridized carbons (Fsp3) is 0.278. The Labute approximate surface area is 130 Å². The average Bonchev–Trinajstić information content (AvgIpc) is 2.95. The summed E-state index contributed by atoms with van der Waals surface area (Å²) in [5.41, 5.74) is 3.61. The van der Waals surface area contributed by atoms with E-state index in [0.29, 0.717) is 0 Å². The van der Waals surface area contributed by atoms with E-state index in [-0.39, 0.29) is 0 Å². The zero-order chi connectivity index (χ0) is 14.9. The minimum Gasteiger partial charge on any atom is -0.325 e. The SMILES string of the molecule is CCN1CN(Cc2ccccc2)c2nc3ccccc3n2C1. The lowest BCUT2D eigenvalue weighted by atomic mass is 10.2. The number of fused-ring (bicyclic) bond motifs is 3. The Bertz CT molecular complexity index is 778. The topological polar surface area (TPSA) is 24.3 Å². The van der Waals surface area contributed by atoms with Gasteiger partial charge < -0.3 is 4.90 Å². The Morgan fingerprint density at radius 1 is 0.955 bits per heavy atom. The van der Waals surface area contributed by atoms with Crippen LogP contribution in [0.25, 0.3) is 11.0 Å². The molecule has 0 spiro atoms. The van der Waals surface area contributed by atoms with Gasteiger partial charge in [0, 0.05) is 6.54 Å². The van der Waals surface area contributed by atoms with Gasteiger partial charge in [-0.25, -0.2) is 4.98 Å². The molecule has 1 aliphatic rings. The number of aromatic nitrogens is 2. The normalized spacial score (nSPS) is 15.2. The van der Waals surface area contributed by atoms with Crippen molar-refractivity contribution >= 4 is 17.0 Å². The number of anilines is 1. The van der Waals surface area contributed by atoms with Crippen molar-refractivity contribution in [1.29, 1.82) is 0 Å². The number of hydrogen-bond donors (Lipinski definition) is 0. The van der Waals surface area contributed by atoms with Gasteiger partial charge in [0.2, 0.25) is 5.95 Å². The lowest BCUT2D eigenvalue weighted by molar-refractivity contribution is 0.208. The Balaban J connectivity index is 1.76. The summed E-state index contributed by atoms with van der Waals surface area (Å²) in [6.07, 6.45) is 0. The van der Waals surface area contributed by atoms with Crippen molar-refractivity contribution in [2.75, 3.05) is 18.1 Å². The molecule has 22 heavy (non-hydrogen) atoms. The molecular formula is C18H20N4. The third-order valence-corrected chi connectivity index (χ3v) is 4.29. The largest absolute Gasteiger partial charge is 0.325 e. The fourth-order valence-corrected chi connectivity index (χ4v) is 3.12. The Hall–Kier alpha value is -2.33. The first-order valence-electron chi connectivity index (χ1n) is 7.81. The molecule has 1 aromatic heterocycles. The average molecular weight is 292 g/mol. The second kappa shape index (κ2) is 5.46. The summed E-state index contributed by atoms with van der Waals surface area (Å²) < 4.78 is 2.32. The molecule has 0 N–H and O–H groups in total. The summed E-state index contributed by atoms with van der Waals surface area (Å²) in [6, 6.07) is 19.0. The summed E-state index contributed by atoms with van der Waals surface area (Å²) in [5, 5.41) is 0. The summed E-state index contributed by atoms with van der Waals surface area (Å²) in [7, 11) is 0. The molecule has 0 radical (unpaired) electrons. The Morgan fingerprint density at radius 2 is 1.73 bits per heavy atom. The fourth-order valence-electron chi connectivity index (χ4n) is 3.12. The van der Waals surface area contributed by atoms with E-state index in [1.165, 1.54) is 11.1 Å². The second-order valence-corrected chi connectivity index (χ2v) is 5.78. The molecule has 0 fully saturated rings. The number of hydrogen-bond acceptors (Lipinski definition) is 3. The molecule has 1 aliphatic heterocycles. The van der Waals surface area contributed by atoms with E-state index in [2.05, 4.69) is 75.9 Å². The zero-order valence-electron chi connectivity index (χ0n) is 12.8. The van der Waals surface area contributed by atoms with Crippen LogP contribution in [0.3, 0.4) is 0 Å². The van der Waals surface area contributed by atoms with Crippen molar-refractivity contribution in [3.63, 3.8) is 0 Å². The number of imidazole rings is 1. The first kappa shape index (κ1) is 13.3. The van der Waals surface area contributed by atoms with E-state index >= 15 is 0 Å². The molecular weight excluding hydrogens is 272 g/mol. The summed E-state index contributed by atoms with van der Waals surface area (Å²) in [5.74, 6) is 1.08. The van der Waals surface area contributed by atoms with Crippen LogP contribution in [0.4, 0.5) is 5.95 Å². The quantitative estimate of drug-likeness (QED) is 0.740. The van der Waals surface area contributed by atoms with Crippen LogP contribution in [0, 0.1) is 0 Å². The number of rotatable bonds is 3. The molecule has 4 heteroatoms. The molecule has 4 nitrogen and oxygen atoms in total. The molecule has 0 amide bonds. The van der Waals surface area contributed by atoms with Gasteiger partial charge in [-0.05, 0) is 24.2 Å². The molecule has 0 atom stereocenters. The number of nitrogens with zero attached hydrogens (tertiary/aromatic N) is 4. The third kappa shape index (κ3) is 2.25. The van der Waals surface area contributed by atoms with Crippen LogP contribution < -0.4 is 4.90 Å². The second-order valence-electron chi connectivity index (χ2n) is 5.78. The van der Waals surface area contributed by atoms with Gasteiger partial charge in [-0.2, -0.15) is 0 Å². The van der Waals surface area contributed by atoms with Crippen LogP contribution in [-0.2, 0) is 13.2 Å². The van der Waals surface area contributed by atoms with Gasteiger partial charge in [0.05, 0.1) is 24.4 Å². The number of benzene rings is 2. The Morgan fingerprint density at radius 3 is 2.55 bits per heavy atom. The maximum Gasteiger partial charge on any atom is 0.209 e. The smallest absolute Gasteiger partial charge is 0.209 e. The van der Waals surface area contributed by atoms with Crippen LogP contribution in [0.1, 0.15) is 12.5 Å². The summed E-state index contributed by atoms with van der Waals surface area (Å²) in [4.78, 5) is 9.66. The van der Waals surface area contributed by atoms with Gasteiger partial charge in [-0.15, -0.1) is 0 Å². The first-order chi connectivity index (χ1) is 10.8. The van der Waals surface area contributed by atoms with E-state index in [1.54, 1.807) is 0 Å². The highest BCUT2D eigenvalue weighted by atomic mass is 15.5. The van der Waals surface area contributed by atoms with Crippen molar-refractivity contribution in [2.45, 2.75) is 20.1 Å². The highest BCUT2D eigenvalue weighted by Gasteiger charge is 2.24. The maximum absolute atomic E-state index is 4.86. The predicted octanol–water partition coefficient (Wildman–Crippen LogP) is 3.29. The monoisotopic (exact) mass is 292 g/mol. The van der Waals surface area contributed by atoms with Crippen molar-refractivity contribution < 1.29 is 0 Å². The Kier molecular flexibility index (Phi) is 3.31. The molecule has 2 heterocycles.